The minimum atomic E-state index is -0.972. The van der Waals surface area contributed by atoms with Gasteiger partial charge in [0.25, 0.3) is 11.7 Å². The first-order valence-electron chi connectivity index (χ1n) is 12.3. The Bertz CT molecular complexity index is 1270. The zero-order chi connectivity index (χ0) is 26.8. The van der Waals surface area contributed by atoms with Crippen molar-refractivity contribution in [2.75, 3.05) is 67.5 Å². The van der Waals surface area contributed by atoms with Gasteiger partial charge < -0.3 is 38.4 Å². The van der Waals surface area contributed by atoms with E-state index in [1.165, 1.54) is 26.2 Å². The molecular formula is C27H30N2O9. The van der Waals surface area contributed by atoms with Crippen molar-refractivity contribution in [3.63, 3.8) is 0 Å². The van der Waals surface area contributed by atoms with Crippen LogP contribution in [-0.4, -0.2) is 94.1 Å². The van der Waals surface area contributed by atoms with Crippen LogP contribution in [0.15, 0.2) is 35.9 Å². The van der Waals surface area contributed by atoms with E-state index in [1.807, 2.05) is 0 Å². The van der Waals surface area contributed by atoms with E-state index in [2.05, 4.69) is 4.90 Å². The van der Waals surface area contributed by atoms with Crippen molar-refractivity contribution in [1.82, 2.24) is 9.80 Å². The summed E-state index contributed by atoms with van der Waals surface area (Å²) < 4.78 is 33.3. The van der Waals surface area contributed by atoms with Gasteiger partial charge in [0.1, 0.15) is 11.5 Å². The van der Waals surface area contributed by atoms with Gasteiger partial charge in [-0.2, -0.15) is 0 Å². The zero-order valence-corrected chi connectivity index (χ0v) is 21.5. The quantitative estimate of drug-likeness (QED) is 0.312. The molecular weight excluding hydrogens is 496 g/mol. The highest BCUT2D eigenvalue weighted by Gasteiger charge is 2.48. The summed E-state index contributed by atoms with van der Waals surface area (Å²) in [4.78, 5) is 30.6. The molecule has 202 valence electrons. The molecule has 2 fully saturated rings. The summed E-state index contributed by atoms with van der Waals surface area (Å²) >= 11 is 0. The van der Waals surface area contributed by atoms with Crippen molar-refractivity contribution in [3.8, 4) is 28.7 Å². The molecule has 0 aromatic heterocycles. The lowest BCUT2D eigenvalue weighted by Gasteiger charge is -2.31. The molecule has 2 aromatic rings. The van der Waals surface area contributed by atoms with Gasteiger partial charge >= 0.3 is 0 Å². The zero-order valence-electron chi connectivity index (χ0n) is 21.5. The SMILES string of the molecule is COc1cccc(/C(O)=C2\C(=O)C(=O)N(CCN3CCOCC3)C2c2cc3c(c(OC)c2OC)OCO3)c1. The molecule has 3 aliphatic heterocycles. The number of aliphatic hydroxyl groups excluding tert-OH is 1. The van der Waals surface area contributed by atoms with Crippen LogP contribution in [0.3, 0.4) is 0 Å². The first-order valence-corrected chi connectivity index (χ1v) is 12.3. The largest absolute Gasteiger partial charge is 0.507 e. The average Bonchev–Trinajstić information content (AvgIpc) is 3.52. The van der Waals surface area contributed by atoms with E-state index in [0.29, 0.717) is 48.1 Å². The molecule has 0 radical (unpaired) electrons. The number of benzene rings is 2. The number of carbonyl (C=O) groups is 2. The molecule has 5 rings (SSSR count). The van der Waals surface area contributed by atoms with Crippen LogP contribution in [-0.2, 0) is 14.3 Å². The third-order valence-electron chi connectivity index (χ3n) is 6.95. The van der Waals surface area contributed by atoms with E-state index in [-0.39, 0.29) is 36.2 Å². The van der Waals surface area contributed by atoms with Gasteiger partial charge in [0, 0.05) is 37.3 Å². The summed E-state index contributed by atoms with van der Waals surface area (Å²) in [7, 11) is 4.44. The van der Waals surface area contributed by atoms with Gasteiger partial charge in [0.05, 0.1) is 46.2 Å². The van der Waals surface area contributed by atoms with E-state index in [0.717, 1.165) is 13.1 Å². The molecule has 1 N–H and O–H groups in total. The highest BCUT2D eigenvalue weighted by molar-refractivity contribution is 6.46. The first-order chi connectivity index (χ1) is 18.5. The predicted molar refractivity (Wildman–Crippen MR) is 135 cm³/mol. The predicted octanol–water partition coefficient (Wildman–Crippen LogP) is 2.19. The van der Waals surface area contributed by atoms with Gasteiger partial charge in [-0.25, -0.2) is 0 Å². The maximum atomic E-state index is 13.5. The maximum absolute atomic E-state index is 13.5. The molecule has 38 heavy (non-hydrogen) atoms. The van der Waals surface area contributed by atoms with Crippen LogP contribution in [0.4, 0.5) is 0 Å². The Labute approximate surface area is 220 Å². The normalized spacial score (nSPS) is 20.6. The van der Waals surface area contributed by atoms with Crippen molar-refractivity contribution in [2.24, 2.45) is 0 Å². The number of morpholine rings is 1. The number of methoxy groups -OCH3 is 3. The Kier molecular flexibility index (Phi) is 7.30. The summed E-state index contributed by atoms with van der Waals surface area (Å²) in [5, 5.41) is 11.4. The van der Waals surface area contributed by atoms with E-state index in [9.17, 15) is 14.7 Å². The lowest BCUT2D eigenvalue weighted by Crippen LogP contribution is -2.42. The highest BCUT2D eigenvalue weighted by Crippen LogP contribution is 2.53. The number of hydrogen-bond donors (Lipinski definition) is 1. The first kappa shape index (κ1) is 25.7. The van der Waals surface area contributed by atoms with Crippen molar-refractivity contribution < 1.29 is 43.1 Å². The summed E-state index contributed by atoms with van der Waals surface area (Å²) in [6.45, 7) is 3.40. The minimum Gasteiger partial charge on any atom is -0.507 e. The molecule has 1 unspecified atom stereocenters. The molecule has 2 saturated heterocycles. The Hall–Kier alpha value is -3.96. The van der Waals surface area contributed by atoms with Gasteiger partial charge in [-0.05, 0) is 18.2 Å². The number of carbonyl (C=O) groups excluding carboxylic acids is 2. The van der Waals surface area contributed by atoms with Crippen molar-refractivity contribution in [1.29, 1.82) is 0 Å². The number of nitrogens with zero attached hydrogens (tertiary/aromatic N) is 2. The Morgan fingerprint density at radius 1 is 1.00 bits per heavy atom. The monoisotopic (exact) mass is 526 g/mol. The fraction of sp³-hybridized carbons (Fsp3) is 0.407. The van der Waals surface area contributed by atoms with E-state index < -0.39 is 17.7 Å². The van der Waals surface area contributed by atoms with Gasteiger partial charge in [0.15, 0.2) is 11.5 Å². The van der Waals surface area contributed by atoms with Gasteiger partial charge in [-0.15, -0.1) is 0 Å². The number of likely N-dealkylation sites (tertiary alicyclic amines) is 1. The summed E-state index contributed by atoms with van der Waals surface area (Å²) in [5.41, 5.74) is 0.705. The van der Waals surface area contributed by atoms with E-state index in [4.69, 9.17) is 28.4 Å². The second-order valence-corrected chi connectivity index (χ2v) is 8.94. The second kappa shape index (κ2) is 10.8. The number of hydrogen-bond acceptors (Lipinski definition) is 10. The number of Topliss-reactive ketones (excluding diaryl/α,β-unsaturated/α-hetero) is 1. The standard InChI is InChI=1S/C27H30N2O9/c1-33-17-6-4-5-16(13-17)22(30)20-21(18-14-19-25(38-15-37-19)26(35-3)24(18)34-2)29(27(32)23(20)31)8-7-28-9-11-36-12-10-28/h4-6,13-14,21,30H,7-12,15H2,1-3H3/b22-20+. The molecule has 0 spiro atoms. The molecule has 3 heterocycles. The number of rotatable bonds is 8. The maximum Gasteiger partial charge on any atom is 0.295 e. The van der Waals surface area contributed by atoms with Crippen molar-refractivity contribution in [3.05, 3.63) is 47.0 Å². The van der Waals surface area contributed by atoms with E-state index >= 15 is 0 Å². The third kappa shape index (κ3) is 4.48. The molecule has 2 aromatic carbocycles. The van der Waals surface area contributed by atoms with Crippen LogP contribution in [0.25, 0.3) is 5.76 Å². The van der Waals surface area contributed by atoms with Crippen LogP contribution in [0.1, 0.15) is 17.2 Å². The third-order valence-corrected chi connectivity index (χ3v) is 6.95. The Balaban J connectivity index is 1.66. The highest BCUT2D eigenvalue weighted by atomic mass is 16.7. The molecule has 11 heteroatoms. The lowest BCUT2D eigenvalue weighted by atomic mass is 9.93. The van der Waals surface area contributed by atoms with Crippen LogP contribution in [0, 0.1) is 0 Å². The topological polar surface area (TPSA) is 116 Å². The Morgan fingerprint density at radius 3 is 2.47 bits per heavy atom. The van der Waals surface area contributed by atoms with Crippen molar-refractivity contribution >= 4 is 17.4 Å². The summed E-state index contributed by atoms with van der Waals surface area (Å²) in [6.07, 6.45) is 0. The molecule has 1 atom stereocenters. The van der Waals surface area contributed by atoms with Crippen molar-refractivity contribution in [2.45, 2.75) is 6.04 Å². The van der Waals surface area contributed by atoms with Crippen LogP contribution in [0.2, 0.25) is 0 Å². The number of amides is 1. The Morgan fingerprint density at radius 2 is 1.76 bits per heavy atom. The fourth-order valence-corrected chi connectivity index (χ4v) is 5.05. The van der Waals surface area contributed by atoms with Gasteiger partial charge in [-0.1, -0.05) is 12.1 Å². The molecule has 0 bridgehead atoms. The number of fused-ring (bicyclic) bond motifs is 1. The smallest absolute Gasteiger partial charge is 0.295 e. The van der Waals surface area contributed by atoms with Gasteiger partial charge in [0.2, 0.25) is 18.3 Å². The number of ketones is 1. The fourth-order valence-electron chi connectivity index (χ4n) is 5.05. The molecule has 0 saturated carbocycles. The molecule has 3 aliphatic rings. The van der Waals surface area contributed by atoms with Gasteiger partial charge in [-0.3, -0.25) is 14.5 Å². The average molecular weight is 527 g/mol. The molecule has 1 amide bonds. The summed E-state index contributed by atoms with van der Waals surface area (Å²) in [5.74, 6) is -0.0326. The molecule has 11 nitrogen and oxygen atoms in total. The van der Waals surface area contributed by atoms with Crippen LogP contribution >= 0.6 is 0 Å². The number of ether oxygens (including phenoxy) is 6. The van der Waals surface area contributed by atoms with Crippen LogP contribution in [0.5, 0.6) is 28.7 Å². The second-order valence-electron chi connectivity index (χ2n) is 8.94. The number of aliphatic hydroxyl groups is 1. The van der Waals surface area contributed by atoms with Crippen LogP contribution < -0.4 is 23.7 Å². The minimum absolute atomic E-state index is 0.0146. The summed E-state index contributed by atoms with van der Waals surface area (Å²) in [6, 6.07) is 7.36. The lowest BCUT2D eigenvalue weighted by molar-refractivity contribution is -0.140. The van der Waals surface area contributed by atoms with E-state index in [1.54, 1.807) is 30.3 Å². The molecule has 0 aliphatic carbocycles.